The highest BCUT2D eigenvalue weighted by Gasteiger charge is 2.18. The van der Waals surface area contributed by atoms with E-state index in [1.54, 1.807) is 13.0 Å². The number of hydrogen-bond acceptors (Lipinski definition) is 6. The summed E-state index contributed by atoms with van der Waals surface area (Å²) < 4.78 is 6.55. The molecule has 26 heavy (non-hydrogen) atoms. The second-order valence-corrected chi connectivity index (χ2v) is 5.89. The van der Waals surface area contributed by atoms with Crippen molar-refractivity contribution in [1.29, 1.82) is 0 Å². The third-order valence-corrected chi connectivity index (χ3v) is 4.07. The SMILES string of the molecule is COc1cc(C=NNC(=O)C(C)n2nnc3ccccc32)cc(Cl)c1O. The van der Waals surface area contributed by atoms with Crippen molar-refractivity contribution in [1.82, 2.24) is 20.4 Å². The van der Waals surface area contributed by atoms with Gasteiger partial charge < -0.3 is 9.84 Å². The topological polar surface area (TPSA) is 102 Å². The van der Waals surface area contributed by atoms with E-state index < -0.39 is 6.04 Å². The number of methoxy groups -OCH3 is 1. The molecule has 1 amide bonds. The number of ether oxygens (including phenoxy) is 1. The van der Waals surface area contributed by atoms with Crippen LogP contribution in [0, 0.1) is 0 Å². The average Bonchev–Trinajstić information content (AvgIpc) is 3.07. The van der Waals surface area contributed by atoms with Gasteiger partial charge in [-0.1, -0.05) is 28.9 Å². The van der Waals surface area contributed by atoms with Crippen LogP contribution in [0.1, 0.15) is 18.5 Å². The average molecular weight is 374 g/mol. The van der Waals surface area contributed by atoms with Crippen LogP contribution in [0.5, 0.6) is 11.5 Å². The van der Waals surface area contributed by atoms with Crippen LogP contribution >= 0.6 is 11.6 Å². The number of aromatic hydroxyl groups is 1. The molecule has 2 aromatic carbocycles. The van der Waals surface area contributed by atoms with E-state index in [-0.39, 0.29) is 22.4 Å². The van der Waals surface area contributed by atoms with Crippen LogP contribution in [0.4, 0.5) is 0 Å². The molecular formula is C17H16ClN5O3. The Bertz CT molecular complexity index is 986. The number of benzene rings is 2. The summed E-state index contributed by atoms with van der Waals surface area (Å²) in [5.41, 5.74) is 4.48. The lowest BCUT2D eigenvalue weighted by Gasteiger charge is -2.10. The zero-order valence-electron chi connectivity index (χ0n) is 14.0. The molecule has 134 valence electrons. The maximum absolute atomic E-state index is 12.3. The number of phenols is 1. The highest BCUT2D eigenvalue weighted by molar-refractivity contribution is 6.32. The predicted octanol–water partition coefficient (Wildman–Crippen LogP) is 2.51. The van der Waals surface area contributed by atoms with Crippen molar-refractivity contribution in [2.45, 2.75) is 13.0 Å². The number of fused-ring (bicyclic) bond motifs is 1. The van der Waals surface area contributed by atoms with Crippen LogP contribution in [0.2, 0.25) is 5.02 Å². The number of carbonyl (C=O) groups excluding carboxylic acids is 1. The third kappa shape index (κ3) is 3.45. The summed E-state index contributed by atoms with van der Waals surface area (Å²) in [6, 6.07) is 9.82. The zero-order valence-corrected chi connectivity index (χ0v) is 14.8. The number of aromatic nitrogens is 3. The number of para-hydroxylation sites is 1. The highest BCUT2D eigenvalue weighted by atomic mass is 35.5. The summed E-state index contributed by atoms with van der Waals surface area (Å²) in [6.45, 7) is 1.70. The van der Waals surface area contributed by atoms with Crippen LogP contribution in [0.25, 0.3) is 11.0 Å². The Balaban J connectivity index is 1.72. The van der Waals surface area contributed by atoms with E-state index in [1.807, 2.05) is 24.3 Å². The molecule has 1 atom stereocenters. The molecule has 1 heterocycles. The fourth-order valence-electron chi connectivity index (χ4n) is 2.37. The molecule has 0 bridgehead atoms. The molecule has 3 rings (SSSR count). The van der Waals surface area contributed by atoms with Crippen molar-refractivity contribution < 1.29 is 14.6 Å². The minimum atomic E-state index is -0.600. The van der Waals surface area contributed by atoms with E-state index in [0.29, 0.717) is 11.1 Å². The summed E-state index contributed by atoms with van der Waals surface area (Å²) in [6.07, 6.45) is 1.40. The largest absolute Gasteiger partial charge is 0.503 e. The van der Waals surface area contributed by atoms with Gasteiger partial charge in [-0.25, -0.2) is 10.1 Å². The fraction of sp³-hybridized carbons (Fsp3) is 0.176. The normalized spacial score (nSPS) is 12.4. The van der Waals surface area contributed by atoms with Crippen LogP contribution in [-0.2, 0) is 4.79 Å². The third-order valence-electron chi connectivity index (χ3n) is 3.78. The van der Waals surface area contributed by atoms with Gasteiger partial charge in [-0.15, -0.1) is 5.10 Å². The first-order valence-corrected chi connectivity index (χ1v) is 8.08. The minimum absolute atomic E-state index is 0.125. The van der Waals surface area contributed by atoms with E-state index in [1.165, 1.54) is 24.1 Å². The summed E-state index contributed by atoms with van der Waals surface area (Å²) in [5.74, 6) is -0.288. The molecule has 1 unspecified atom stereocenters. The van der Waals surface area contributed by atoms with Gasteiger partial charge in [0.25, 0.3) is 5.91 Å². The van der Waals surface area contributed by atoms with E-state index >= 15 is 0 Å². The Kier molecular flexibility index (Phi) is 5.04. The van der Waals surface area contributed by atoms with Crippen LogP contribution < -0.4 is 10.2 Å². The summed E-state index contributed by atoms with van der Waals surface area (Å²) in [5, 5.41) is 21.8. The number of halogens is 1. The van der Waals surface area contributed by atoms with Gasteiger partial charge in [0, 0.05) is 0 Å². The first-order valence-electron chi connectivity index (χ1n) is 7.70. The van der Waals surface area contributed by atoms with Crippen LogP contribution in [0.15, 0.2) is 41.5 Å². The summed E-state index contributed by atoms with van der Waals surface area (Å²) in [7, 11) is 1.41. The second kappa shape index (κ2) is 7.40. The molecule has 8 nitrogen and oxygen atoms in total. The van der Waals surface area contributed by atoms with E-state index in [9.17, 15) is 9.90 Å². The molecule has 0 saturated heterocycles. The van der Waals surface area contributed by atoms with Crippen molar-refractivity contribution in [3.05, 3.63) is 47.0 Å². The standard InChI is InChI=1S/C17H16ClN5O3/c1-10(23-14-6-4-3-5-13(14)20-22-23)17(25)21-19-9-11-7-12(18)16(24)15(8-11)26-2/h3-10,24H,1-2H3,(H,21,25). The number of hydrogen-bond donors (Lipinski definition) is 2. The quantitative estimate of drug-likeness (QED) is 0.528. The van der Waals surface area contributed by atoms with Crippen LogP contribution in [-0.4, -0.2) is 39.3 Å². The van der Waals surface area contributed by atoms with Crippen molar-refractivity contribution >= 4 is 34.8 Å². The molecule has 0 saturated carbocycles. The minimum Gasteiger partial charge on any atom is -0.503 e. The maximum Gasteiger partial charge on any atom is 0.264 e. The number of carbonyl (C=O) groups is 1. The number of phenolic OH excluding ortho intramolecular Hbond substituents is 1. The Morgan fingerprint density at radius 1 is 1.42 bits per heavy atom. The van der Waals surface area contributed by atoms with Gasteiger partial charge in [0.15, 0.2) is 11.5 Å². The number of nitrogens with zero attached hydrogens (tertiary/aromatic N) is 4. The fourth-order valence-corrected chi connectivity index (χ4v) is 2.59. The zero-order chi connectivity index (χ0) is 18.7. The van der Waals surface area contributed by atoms with Gasteiger partial charge in [0.05, 0.1) is 23.9 Å². The number of hydrazone groups is 1. The molecule has 0 aliphatic heterocycles. The smallest absolute Gasteiger partial charge is 0.264 e. The molecule has 0 spiro atoms. The molecule has 3 aromatic rings. The molecule has 1 aromatic heterocycles. The Hall–Kier alpha value is -3.13. The number of nitrogens with one attached hydrogen (secondary N) is 1. The predicted molar refractivity (Wildman–Crippen MR) is 97.6 cm³/mol. The highest BCUT2D eigenvalue weighted by Crippen LogP contribution is 2.34. The molecule has 2 N–H and O–H groups in total. The monoisotopic (exact) mass is 373 g/mol. The summed E-state index contributed by atoms with van der Waals surface area (Å²) in [4.78, 5) is 12.3. The lowest BCUT2D eigenvalue weighted by atomic mass is 10.2. The van der Waals surface area contributed by atoms with Crippen molar-refractivity contribution in [3.63, 3.8) is 0 Å². The Labute approximate surface area is 154 Å². The first-order chi connectivity index (χ1) is 12.5. The van der Waals surface area contributed by atoms with Gasteiger partial charge in [-0.05, 0) is 36.8 Å². The Morgan fingerprint density at radius 3 is 2.96 bits per heavy atom. The van der Waals surface area contributed by atoms with Crippen molar-refractivity contribution in [2.75, 3.05) is 7.11 Å². The second-order valence-electron chi connectivity index (χ2n) is 5.49. The van der Waals surface area contributed by atoms with E-state index in [4.69, 9.17) is 16.3 Å². The van der Waals surface area contributed by atoms with Crippen molar-refractivity contribution in [2.24, 2.45) is 5.10 Å². The molecule has 9 heteroatoms. The van der Waals surface area contributed by atoms with Crippen molar-refractivity contribution in [3.8, 4) is 11.5 Å². The van der Waals surface area contributed by atoms with Crippen LogP contribution in [0.3, 0.4) is 0 Å². The lowest BCUT2D eigenvalue weighted by molar-refractivity contribution is -0.124. The van der Waals surface area contributed by atoms with Gasteiger partial charge in [-0.3, -0.25) is 4.79 Å². The van der Waals surface area contributed by atoms with E-state index in [0.717, 1.165) is 5.52 Å². The summed E-state index contributed by atoms with van der Waals surface area (Å²) >= 11 is 5.92. The van der Waals surface area contributed by atoms with Gasteiger partial charge in [-0.2, -0.15) is 5.10 Å². The Morgan fingerprint density at radius 2 is 2.19 bits per heavy atom. The lowest BCUT2D eigenvalue weighted by Crippen LogP contribution is -2.28. The molecule has 0 fully saturated rings. The molecular weight excluding hydrogens is 358 g/mol. The number of rotatable bonds is 5. The number of amides is 1. The van der Waals surface area contributed by atoms with Gasteiger partial charge in [0.1, 0.15) is 11.6 Å². The molecule has 0 radical (unpaired) electrons. The van der Waals surface area contributed by atoms with Gasteiger partial charge >= 0.3 is 0 Å². The maximum atomic E-state index is 12.3. The molecule has 0 aliphatic carbocycles. The first kappa shape index (κ1) is 17.7. The molecule has 0 aliphatic rings. The van der Waals surface area contributed by atoms with Gasteiger partial charge in [0.2, 0.25) is 0 Å². The van der Waals surface area contributed by atoms with E-state index in [2.05, 4.69) is 20.8 Å².